The zero-order chi connectivity index (χ0) is 98.4. The molecule has 746 valence electrons. The van der Waals surface area contributed by atoms with Crippen LogP contribution in [0.15, 0.2) is 227 Å². The average Bonchev–Trinajstić information content (AvgIpc) is 1.70. The fourth-order valence-electron chi connectivity index (χ4n) is 34.1. The summed E-state index contributed by atoms with van der Waals surface area (Å²) in [5, 5.41) is 81.3. The van der Waals surface area contributed by atoms with Crippen molar-refractivity contribution < 1.29 is 46.8 Å². The maximum absolute atomic E-state index is 15.0. The standard InChI is InChI=1S/2C30H29N5O2.C29H28F2N4OS.C29H29FN4O2/c31-14-17-5-6-26-23(9-17)33-29(37-26)34-28-19-7-18-8-20(28)13-30(11-18,12-19)27(36)10-24-21-3-1-2-4-22(21)25-15-32-16-35(24)25;31-14-17-5-6-23-26(9-17)37-29(33-23)34-28-19-7-18-8-20(28)13-30(11-18,12-19)27(36)10-24-21-3-1-2-4-22(21)25-15-32-16-35(24)25;30-18-4-5-24-21(8-18)33-28(37-24)34-27-16-6-15-7-17(27)12-29(10-15,11-16)25(36)9-22-26-19(2-1-3-20(26)31)23-13-32-14-35(22)23;30-19-5-6-22-25(9-19)36-28(32-22)33-27-17-7-16-8-18(27)13-29(11-16,12-17)26(35)10-23-20-3-1-2-4-21(20)24-14-31-15-34(23)24/h2*1-6,9,15-16,18-20,24,27-28,36H,7-8,10-13H2,(H,33,34);1-5,8,13-17,22,25,27,36H,6-7,9-12H2,(H,33,34);1-6,9,14-18,23,26-27,35H,7-8,10-13H2,(H,32,33). The summed E-state index contributed by atoms with van der Waals surface area (Å²) in [5.74, 6) is 5.83. The molecule has 4 aliphatic heterocycles. The number of hydrogen-bond donors (Lipinski definition) is 8. The van der Waals surface area contributed by atoms with Crippen LogP contribution in [0.4, 0.5) is 36.3 Å². The molecule has 20 aliphatic rings. The molecule has 147 heavy (non-hydrogen) atoms. The van der Waals surface area contributed by atoms with Crippen LogP contribution >= 0.6 is 11.3 Å². The lowest BCUT2D eigenvalue weighted by Gasteiger charge is -2.61. The van der Waals surface area contributed by atoms with Gasteiger partial charge >= 0.3 is 0 Å². The highest BCUT2D eigenvalue weighted by molar-refractivity contribution is 7.22. The van der Waals surface area contributed by atoms with Gasteiger partial charge in [0.2, 0.25) is 0 Å². The summed E-state index contributed by atoms with van der Waals surface area (Å²) in [7, 11) is 0. The molecule has 36 rings (SSSR count). The molecule has 16 atom stereocenters. The van der Waals surface area contributed by atoms with Gasteiger partial charge in [-0.05, 0) is 324 Å². The van der Waals surface area contributed by atoms with Crippen molar-refractivity contribution in [3.8, 4) is 57.2 Å². The van der Waals surface area contributed by atoms with Crippen LogP contribution in [0.1, 0.15) is 212 Å². The molecule has 8 aromatic carbocycles. The Bertz CT molecular complexity index is 7680. The smallest absolute Gasteiger partial charge is 0.295 e. The molecule has 16 fully saturated rings. The maximum Gasteiger partial charge on any atom is 0.295 e. The third-order valence-corrected chi connectivity index (χ3v) is 40.2. The molecule has 0 amide bonds. The first-order valence-corrected chi connectivity index (χ1v) is 54.2. The molecule has 0 radical (unpaired) electrons. The molecule has 16 unspecified atom stereocenters. The predicted molar refractivity (Wildman–Crippen MR) is 550 cm³/mol. The van der Waals surface area contributed by atoms with Crippen molar-refractivity contribution in [2.75, 3.05) is 21.3 Å². The van der Waals surface area contributed by atoms with E-state index in [9.17, 15) is 39.7 Å². The maximum atomic E-state index is 15.0. The Morgan fingerprint density at radius 3 is 1.15 bits per heavy atom. The Morgan fingerprint density at radius 2 is 0.707 bits per heavy atom. The van der Waals surface area contributed by atoms with Crippen molar-refractivity contribution in [2.45, 2.75) is 227 Å². The minimum absolute atomic E-state index is 0.0179. The van der Waals surface area contributed by atoms with E-state index in [-0.39, 0.29) is 87.6 Å². The SMILES string of the molecule is N#Cc1ccc2nc(NC3C4CC5CC3CC(C(O)CC3c6ccccc6-c6cncn63)(C5)C4)oc2c1.N#Cc1ccc2oc(NC3C4CC5CC3CC(C(O)CC3c6ccccc6-c6cncn63)(C5)C4)nc2c1.OC(CC1c2c(F)cccc2-c2cncn21)C12CC3CC(C1)C(Nc1nc4cc(F)ccc4s1)C(C3)C2.OC(CC1c2ccccc2-c2cncn21)C12CC3CC(C1)C(Nc1nc4ccc(F)cc4o1)C(C3)C2. The van der Waals surface area contributed by atoms with E-state index in [0.717, 1.165) is 140 Å². The Kier molecular flexibility index (Phi) is 21.1. The fraction of sp³-hybridized carbons (Fsp3) is 0.441. The first kappa shape index (κ1) is 90.1. The number of aliphatic hydroxyl groups is 4. The first-order chi connectivity index (χ1) is 71.7. The van der Waals surface area contributed by atoms with E-state index in [4.69, 9.17) is 13.3 Å². The fourth-order valence-corrected chi connectivity index (χ4v) is 35.0. The van der Waals surface area contributed by atoms with Crippen LogP contribution in [-0.2, 0) is 0 Å². The van der Waals surface area contributed by atoms with Gasteiger partial charge in [-0.2, -0.15) is 25.5 Å². The molecule has 0 saturated heterocycles. The van der Waals surface area contributed by atoms with Gasteiger partial charge in [-0.1, -0.05) is 96.3 Å². The topological polar surface area (TPSA) is 339 Å². The highest BCUT2D eigenvalue weighted by Crippen LogP contribution is 2.69. The molecule has 16 saturated carbocycles. The Hall–Kier alpha value is -13.3. The normalized spacial score (nSPS) is 32.0. The summed E-state index contributed by atoms with van der Waals surface area (Å²) in [6.45, 7) is 0. The lowest BCUT2D eigenvalue weighted by atomic mass is 9.46. The number of nitriles is 2. The van der Waals surface area contributed by atoms with Crippen LogP contribution in [0, 0.1) is 133 Å². The van der Waals surface area contributed by atoms with Crippen LogP contribution < -0.4 is 21.3 Å². The Morgan fingerprint density at radius 1 is 0.354 bits per heavy atom. The minimum Gasteiger partial charge on any atom is -0.424 e. The number of oxazole rings is 3. The number of anilines is 4. The Labute approximate surface area is 851 Å². The largest absolute Gasteiger partial charge is 0.424 e. The summed E-state index contributed by atoms with van der Waals surface area (Å²) in [6.07, 6.45) is 38.5. The van der Waals surface area contributed by atoms with Crippen LogP contribution in [0.2, 0.25) is 0 Å². The van der Waals surface area contributed by atoms with Crippen LogP contribution in [-0.4, -0.2) is 127 Å². The molecule has 16 aliphatic carbocycles. The number of aromatic nitrogens is 12. The monoisotopic (exact) mass is 1980 g/mol. The molecular formula is C118H115F3N18O7S. The number of rotatable bonds is 20. The molecule has 29 heteroatoms. The highest BCUT2D eigenvalue weighted by atomic mass is 32.1. The minimum atomic E-state index is -0.502. The Balaban J connectivity index is 0.0000000926. The predicted octanol–water partition coefficient (Wildman–Crippen LogP) is 23.2. The van der Waals surface area contributed by atoms with Gasteiger partial charge in [0, 0.05) is 70.2 Å². The molecule has 16 aromatic rings. The number of nitrogens with zero attached hydrogens (tertiary/aromatic N) is 14. The quantitative estimate of drug-likeness (QED) is 0.0351. The van der Waals surface area contributed by atoms with Gasteiger partial charge in [0.25, 0.3) is 18.0 Å². The summed E-state index contributed by atoms with van der Waals surface area (Å²) in [4.78, 5) is 36.1. The number of halogens is 3. The van der Waals surface area contributed by atoms with E-state index in [1.807, 2.05) is 60.3 Å². The van der Waals surface area contributed by atoms with Gasteiger partial charge in [0.1, 0.15) is 34.0 Å². The number of aliphatic hydroxyl groups excluding tert-OH is 4. The zero-order valence-electron chi connectivity index (χ0n) is 81.4. The molecule has 25 nitrogen and oxygen atoms in total. The van der Waals surface area contributed by atoms with E-state index < -0.39 is 6.10 Å². The second-order valence-electron chi connectivity index (χ2n) is 47.2. The molecule has 0 spiro atoms. The number of thiazole rings is 1. The number of imidazole rings is 4. The van der Waals surface area contributed by atoms with E-state index >= 15 is 4.39 Å². The van der Waals surface area contributed by atoms with Crippen LogP contribution in [0.25, 0.3) is 88.5 Å². The second-order valence-corrected chi connectivity index (χ2v) is 48.2. The van der Waals surface area contributed by atoms with Gasteiger partial charge in [-0.3, -0.25) is 0 Å². The van der Waals surface area contributed by atoms with E-state index in [1.165, 1.54) is 115 Å². The van der Waals surface area contributed by atoms with Crippen molar-refractivity contribution in [2.24, 2.45) is 92.7 Å². The van der Waals surface area contributed by atoms with Crippen molar-refractivity contribution in [3.05, 3.63) is 265 Å². The zero-order valence-corrected chi connectivity index (χ0v) is 82.2. The van der Waals surface area contributed by atoms with Crippen LogP contribution in [0.3, 0.4) is 0 Å². The summed E-state index contributed by atoms with van der Waals surface area (Å²) in [5.41, 5.74) is 19.3. The molecule has 8 N–H and O–H groups in total. The highest BCUT2D eigenvalue weighted by Gasteiger charge is 2.64. The van der Waals surface area contributed by atoms with Gasteiger partial charge in [0.15, 0.2) is 21.9 Å². The van der Waals surface area contributed by atoms with Crippen LogP contribution in [0.5, 0.6) is 0 Å². The lowest BCUT2D eigenvalue weighted by Crippen LogP contribution is -2.59. The number of fused-ring (bicyclic) bond motifs is 16. The second kappa shape index (κ2) is 34.4. The molecule has 12 heterocycles. The van der Waals surface area contributed by atoms with E-state index in [2.05, 4.69) is 160 Å². The average molecular weight is 1990 g/mol. The van der Waals surface area contributed by atoms with Gasteiger partial charge in [-0.25, -0.2) is 38.1 Å². The van der Waals surface area contributed by atoms with Gasteiger partial charge < -0.3 is 73.2 Å². The summed E-state index contributed by atoms with van der Waals surface area (Å²) >= 11 is 1.58. The number of benzene rings is 8. The molecule has 16 bridgehead atoms. The summed E-state index contributed by atoms with van der Waals surface area (Å²) in [6, 6.07) is 58.2. The third-order valence-electron chi connectivity index (χ3n) is 39.2. The van der Waals surface area contributed by atoms with Gasteiger partial charge in [-0.15, -0.1) is 0 Å². The van der Waals surface area contributed by atoms with Crippen molar-refractivity contribution in [3.63, 3.8) is 0 Å². The van der Waals surface area contributed by atoms with E-state index in [0.29, 0.717) is 164 Å². The van der Waals surface area contributed by atoms with E-state index in [1.54, 1.807) is 66.3 Å². The molecular weight excluding hydrogens is 1870 g/mol. The lowest BCUT2D eigenvalue weighted by molar-refractivity contribution is -0.129. The first-order valence-electron chi connectivity index (χ1n) is 53.4. The van der Waals surface area contributed by atoms with Crippen molar-refractivity contribution >= 4 is 78.0 Å². The van der Waals surface area contributed by atoms with Crippen molar-refractivity contribution in [1.82, 2.24) is 58.1 Å². The summed E-state index contributed by atoms with van der Waals surface area (Å²) < 4.78 is 69.9. The third kappa shape index (κ3) is 14.9. The molecule has 8 aromatic heterocycles. The van der Waals surface area contributed by atoms with Gasteiger partial charge in [0.05, 0.1) is 155 Å². The number of hydrogen-bond acceptors (Lipinski definition) is 22. The van der Waals surface area contributed by atoms with Crippen molar-refractivity contribution in [1.29, 1.82) is 10.5 Å². The number of nitrogens with one attached hydrogen (secondary N) is 4.